The molecule has 7 nitrogen and oxygen atoms in total. The summed E-state index contributed by atoms with van der Waals surface area (Å²) in [4.78, 5) is 32.5. The third-order valence-corrected chi connectivity index (χ3v) is 5.55. The van der Waals surface area contributed by atoms with E-state index in [1.54, 1.807) is 10.3 Å². The first kappa shape index (κ1) is 23.8. The Labute approximate surface area is 183 Å². The molecule has 0 aliphatic rings. The Hall–Kier alpha value is -2.45. The monoisotopic (exact) mass is 432 g/mol. The molecule has 3 N–H and O–H groups in total. The van der Waals surface area contributed by atoms with Crippen LogP contribution in [-0.2, 0) is 6.54 Å². The number of carbonyl (C=O) groups is 2. The van der Waals surface area contributed by atoms with Crippen LogP contribution in [0, 0.1) is 0 Å². The highest BCUT2D eigenvalue weighted by atomic mass is 32.1. The Morgan fingerprint density at radius 2 is 1.80 bits per heavy atom. The number of hydrogen-bond donors (Lipinski definition) is 3. The van der Waals surface area contributed by atoms with Crippen LogP contribution < -0.4 is 15.5 Å². The van der Waals surface area contributed by atoms with Crippen molar-refractivity contribution in [2.24, 2.45) is 0 Å². The standard InChI is InChI=1S/C22H33N5O2S/c1-15(2)17-7-9-18(10-8-17)24-22(29)27(16(3)4)13-20-25-19(14-30-20)21(28)23-11-12-26(5)6/h7-10,14-16H,11-13H2,1-6H3,(H,23,28)(H,24,29)/p+1. The van der Waals surface area contributed by atoms with E-state index in [0.717, 1.165) is 17.2 Å². The number of rotatable bonds is 9. The summed E-state index contributed by atoms with van der Waals surface area (Å²) in [7, 11) is 4.08. The molecular weight excluding hydrogens is 398 g/mol. The molecule has 2 rings (SSSR count). The molecule has 8 heteroatoms. The zero-order valence-corrected chi connectivity index (χ0v) is 19.6. The smallest absolute Gasteiger partial charge is 0.322 e. The Kier molecular flexibility index (Phi) is 8.80. The third kappa shape index (κ3) is 7.11. The lowest BCUT2D eigenvalue weighted by Crippen LogP contribution is -3.06. The fourth-order valence-corrected chi connectivity index (χ4v) is 3.56. The average molecular weight is 433 g/mol. The van der Waals surface area contributed by atoms with Gasteiger partial charge in [-0.25, -0.2) is 9.78 Å². The Morgan fingerprint density at radius 3 is 2.37 bits per heavy atom. The quantitative estimate of drug-likeness (QED) is 0.570. The van der Waals surface area contributed by atoms with Crippen molar-refractivity contribution in [2.45, 2.75) is 46.2 Å². The van der Waals surface area contributed by atoms with E-state index in [4.69, 9.17) is 0 Å². The van der Waals surface area contributed by atoms with Gasteiger partial charge in [-0.1, -0.05) is 26.0 Å². The third-order valence-electron chi connectivity index (χ3n) is 4.71. The highest BCUT2D eigenvalue weighted by Gasteiger charge is 2.20. The molecule has 0 atom stereocenters. The number of nitrogens with zero attached hydrogens (tertiary/aromatic N) is 2. The number of quaternary nitrogens is 1. The molecule has 0 aliphatic carbocycles. The van der Waals surface area contributed by atoms with Crippen molar-refractivity contribution >= 4 is 29.0 Å². The van der Waals surface area contributed by atoms with Gasteiger partial charge >= 0.3 is 6.03 Å². The van der Waals surface area contributed by atoms with Crippen molar-refractivity contribution in [3.05, 3.63) is 45.9 Å². The van der Waals surface area contributed by atoms with Crippen molar-refractivity contribution in [1.82, 2.24) is 15.2 Å². The Bertz CT molecular complexity index is 830. The number of anilines is 1. The van der Waals surface area contributed by atoms with Gasteiger partial charge in [0.25, 0.3) is 5.91 Å². The number of nitrogens with one attached hydrogen (secondary N) is 3. The predicted octanol–water partition coefficient (Wildman–Crippen LogP) is 2.58. The summed E-state index contributed by atoms with van der Waals surface area (Å²) in [6.07, 6.45) is 0. The van der Waals surface area contributed by atoms with Gasteiger partial charge in [0.15, 0.2) is 0 Å². The lowest BCUT2D eigenvalue weighted by molar-refractivity contribution is -0.856. The van der Waals surface area contributed by atoms with E-state index in [0.29, 0.717) is 24.7 Å². The molecule has 30 heavy (non-hydrogen) atoms. The zero-order chi connectivity index (χ0) is 22.3. The number of amides is 3. The molecule has 0 spiro atoms. The van der Waals surface area contributed by atoms with Crippen molar-refractivity contribution in [2.75, 3.05) is 32.5 Å². The summed E-state index contributed by atoms with van der Waals surface area (Å²) in [6, 6.07) is 7.72. The second-order valence-corrected chi connectivity index (χ2v) is 9.21. The molecule has 0 unspecified atom stereocenters. The van der Waals surface area contributed by atoms with Gasteiger partial charge in [0, 0.05) is 17.1 Å². The van der Waals surface area contributed by atoms with E-state index in [1.807, 2.05) is 52.2 Å². The van der Waals surface area contributed by atoms with Crippen molar-refractivity contribution in [3.8, 4) is 0 Å². The minimum atomic E-state index is -0.183. The van der Waals surface area contributed by atoms with Crippen LogP contribution in [0.15, 0.2) is 29.6 Å². The number of hydrogen-bond acceptors (Lipinski definition) is 4. The SMILES string of the molecule is CC(C)c1ccc(NC(=O)N(Cc2nc(C(=O)NCC[NH+](C)C)cs2)C(C)C)cc1. The van der Waals surface area contributed by atoms with Gasteiger partial charge in [0.05, 0.1) is 33.7 Å². The molecule has 1 heterocycles. The van der Waals surface area contributed by atoms with Crippen LogP contribution in [0.5, 0.6) is 0 Å². The molecule has 0 fully saturated rings. The summed E-state index contributed by atoms with van der Waals surface area (Å²) < 4.78 is 0. The summed E-state index contributed by atoms with van der Waals surface area (Å²) >= 11 is 1.39. The first-order valence-electron chi connectivity index (χ1n) is 10.4. The van der Waals surface area contributed by atoms with Gasteiger partial charge in [-0.3, -0.25) is 4.79 Å². The van der Waals surface area contributed by atoms with Gasteiger partial charge in [-0.05, 0) is 37.5 Å². The summed E-state index contributed by atoms with van der Waals surface area (Å²) in [5, 5.41) is 8.32. The number of urea groups is 1. The maximum Gasteiger partial charge on any atom is 0.322 e. The average Bonchev–Trinajstić information content (AvgIpc) is 3.14. The maximum atomic E-state index is 12.8. The number of likely N-dealkylation sites (N-methyl/N-ethyl adjacent to an activating group) is 1. The van der Waals surface area contributed by atoms with Gasteiger partial charge in [0.1, 0.15) is 10.7 Å². The van der Waals surface area contributed by atoms with Crippen LogP contribution in [0.4, 0.5) is 10.5 Å². The first-order chi connectivity index (χ1) is 14.2. The van der Waals surface area contributed by atoms with Gasteiger partial charge in [-0.15, -0.1) is 11.3 Å². The molecule has 1 aromatic heterocycles. The van der Waals surface area contributed by atoms with E-state index < -0.39 is 0 Å². The van der Waals surface area contributed by atoms with Crippen LogP contribution in [-0.4, -0.2) is 55.0 Å². The molecule has 0 bridgehead atoms. The summed E-state index contributed by atoms with van der Waals surface area (Å²) in [6.45, 7) is 10.0. The molecule has 2 aromatic rings. The van der Waals surface area contributed by atoms with E-state index >= 15 is 0 Å². The fraction of sp³-hybridized carbons (Fsp3) is 0.500. The first-order valence-corrected chi connectivity index (χ1v) is 11.2. The molecular formula is C22H34N5O2S+. The lowest BCUT2D eigenvalue weighted by Gasteiger charge is -2.26. The molecule has 0 aliphatic heterocycles. The minimum absolute atomic E-state index is 0.0100. The molecule has 164 valence electrons. The van der Waals surface area contributed by atoms with Gasteiger partial charge in [-0.2, -0.15) is 0 Å². The minimum Gasteiger partial charge on any atom is -0.345 e. The van der Waals surface area contributed by atoms with Crippen LogP contribution in [0.2, 0.25) is 0 Å². The topological polar surface area (TPSA) is 78.8 Å². The Balaban J connectivity index is 1.99. The molecule has 3 amide bonds. The number of aromatic nitrogens is 1. The van der Waals surface area contributed by atoms with E-state index in [9.17, 15) is 9.59 Å². The molecule has 0 radical (unpaired) electrons. The molecule has 0 saturated carbocycles. The second-order valence-electron chi connectivity index (χ2n) is 8.27. The highest BCUT2D eigenvalue weighted by Crippen LogP contribution is 2.19. The molecule has 0 saturated heterocycles. The fourth-order valence-electron chi connectivity index (χ4n) is 2.79. The van der Waals surface area contributed by atoms with E-state index in [1.165, 1.54) is 21.8 Å². The largest absolute Gasteiger partial charge is 0.345 e. The lowest BCUT2D eigenvalue weighted by atomic mass is 10.0. The second kappa shape index (κ2) is 11.1. The predicted molar refractivity (Wildman–Crippen MR) is 122 cm³/mol. The normalized spacial score (nSPS) is 11.2. The van der Waals surface area contributed by atoms with E-state index in [-0.39, 0.29) is 18.0 Å². The highest BCUT2D eigenvalue weighted by molar-refractivity contribution is 7.09. The van der Waals surface area contributed by atoms with Gasteiger partial charge < -0.3 is 20.4 Å². The van der Waals surface area contributed by atoms with Crippen LogP contribution >= 0.6 is 11.3 Å². The number of carbonyl (C=O) groups excluding carboxylic acids is 2. The number of benzene rings is 1. The maximum absolute atomic E-state index is 12.8. The van der Waals surface area contributed by atoms with E-state index in [2.05, 4.69) is 29.5 Å². The number of thiazole rings is 1. The van der Waals surface area contributed by atoms with Crippen molar-refractivity contribution in [1.29, 1.82) is 0 Å². The van der Waals surface area contributed by atoms with Crippen LogP contribution in [0.3, 0.4) is 0 Å². The van der Waals surface area contributed by atoms with Gasteiger partial charge in [0.2, 0.25) is 0 Å². The summed E-state index contributed by atoms with van der Waals surface area (Å²) in [5.41, 5.74) is 2.39. The van der Waals surface area contributed by atoms with Crippen LogP contribution in [0.1, 0.15) is 54.7 Å². The van der Waals surface area contributed by atoms with Crippen molar-refractivity contribution < 1.29 is 14.5 Å². The zero-order valence-electron chi connectivity index (χ0n) is 18.8. The summed E-state index contributed by atoms with van der Waals surface area (Å²) in [5.74, 6) is 0.270. The molecule has 1 aromatic carbocycles. The van der Waals surface area contributed by atoms with Crippen LogP contribution in [0.25, 0.3) is 0 Å². The Morgan fingerprint density at radius 1 is 1.13 bits per heavy atom. The van der Waals surface area contributed by atoms with Crippen molar-refractivity contribution in [3.63, 3.8) is 0 Å².